The number of phenols is 1. The van der Waals surface area contributed by atoms with E-state index in [9.17, 15) is 20.0 Å². The highest BCUT2D eigenvalue weighted by Crippen LogP contribution is 2.32. The van der Waals surface area contributed by atoms with Crippen molar-refractivity contribution in [2.45, 2.75) is 13.0 Å². The molecule has 0 bridgehead atoms. The van der Waals surface area contributed by atoms with Gasteiger partial charge >= 0.3 is 5.69 Å². The number of benzene rings is 2. The molecule has 2 rings (SSSR count). The number of nitrogens with zero attached hydrogens (tertiary/aromatic N) is 2. The van der Waals surface area contributed by atoms with Crippen LogP contribution in [0.3, 0.4) is 0 Å². The zero-order valence-corrected chi connectivity index (χ0v) is 14.6. The van der Waals surface area contributed by atoms with Crippen LogP contribution in [0, 0.1) is 10.1 Å². The lowest BCUT2D eigenvalue weighted by molar-refractivity contribution is -0.385. The molecule has 8 nitrogen and oxygen atoms in total. The number of aromatic hydroxyl groups is 1. The molecule has 0 fully saturated rings. The van der Waals surface area contributed by atoms with E-state index in [1.165, 1.54) is 12.1 Å². The molecule has 0 heterocycles. The van der Waals surface area contributed by atoms with Crippen molar-refractivity contribution in [2.75, 3.05) is 0 Å². The third-order valence-corrected chi connectivity index (χ3v) is 3.54. The maximum Gasteiger partial charge on any atom is 0.312 e. The number of carbonyl (C=O) groups excluding carboxylic acids is 1. The molecule has 0 aliphatic rings. The third kappa shape index (κ3) is 5.01. The van der Waals surface area contributed by atoms with Gasteiger partial charge in [0.1, 0.15) is 5.75 Å². The van der Waals surface area contributed by atoms with Gasteiger partial charge in [0.25, 0.3) is 5.91 Å². The second-order valence-corrected chi connectivity index (χ2v) is 5.84. The Hall–Kier alpha value is -2.94. The zero-order chi connectivity index (χ0) is 18.4. The minimum atomic E-state index is -0.801. The molecule has 0 aromatic heterocycles. The Morgan fingerprint density at radius 2 is 2.08 bits per heavy atom. The largest absolute Gasteiger partial charge is 0.502 e. The molecule has 0 saturated carbocycles. The number of hydrogen-bond acceptors (Lipinski definition) is 6. The summed E-state index contributed by atoms with van der Waals surface area (Å²) in [7, 11) is 0. The van der Waals surface area contributed by atoms with Crippen LogP contribution in [0.2, 0.25) is 0 Å². The predicted molar refractivity (Wildman–Crippen MR) is 94.7 cm³/mol. The fourth-order valence-electron chi connectivity index (χ4n) is 1.86. The number of para-hydroxylation sites is 1. The maximum atomic E-state index is 11.9. The molecular weight excluding hydrogens is 394 g/mol. The van der Waals surface area contributed by atoms with E-state index in [2.05, 4.69) is 26.5 Å². The van der Waals surface area contributed by atoms with E-state index < -0.39 is 28.4 Å². The van der Waals surface area contributed by atoms with E-state index in [0.717, 1.165) is 6.21 Å². The average molecular weight is 408 g/mol. The number of ether oxygens (including phenoxy) is 1. The van der Waals surface area contributed by atoms with E-state index in [0.29, 0.717) is 10.2 Å². The quantitative estimate of drug-likeness (QED) is 0.433. The Bertz CT molecular complexity index is 811. The molecule has 0 radical (unpaired) electrons. The first kappa shape index (κ1) is 18.4. The minimum Gasteiger partial charge on any atom is -0.502 e. The normalized spacial score (nSPS) is 11.9. The summed E-state index contributed by atoms with van der Waals surface area (Å²) in [6.45, 7) is 1.55. The van der Waals surface area contributed by atoms with E-state index in [1.807, 2.05) is 6.07 Å². The van der Waals surface area contributed by atoms with Crippen LogP contribution in [0.5, 0.6) is 11.5 Å². The van der Waals surface area contributed by atoms with Crippen LogP contribution in [0.15, 0.2) is 52.0 Å². The van der Waals surface area contributed by atoms with Crippen LogP contribution >= 0.6 is 15.9 Å². The lowest BCUT2D eigenvalue weighted by atomic mass is 10.2. The van der Waals surface area contributed by atoms with E-state index in [1.54, 1.807) is 31.2 Å². The number of rotatable bonds is 6. The number of halogens is 1. The summed E-state index contributed by atoms with van der Waals surface area (Å²) in [6, 6.07) is 11.4. The highest BCUT2D eigenvalue weighted by atomic mass is 79.9. The number of amides is 1. The van der Waals surface area contributed by atoms with Gasteiger partial charge in [-0.25, -0.2) is 5.43 Å². The van der Waals surface area contributed by atoms with Gasteiger partial charge in [0.15, 0.2) is 6.10 Å². The Morgan fingerprint density at radius 1 is 1.40 bits per heavy atom. The molecular formula is C16H14BrN3O5. The van der Waals surface area contributed by atoms with Gasteiger partial charge in [0.2, 0.25) is 5.75 Å². The maximum absolute atomic E-state index is 11.9. The fourth-order valence-corrected chi connectivity index (χ4v) is 2.32. The van der Waals surface area contributed by atoms with Crippen LogP contribution in [-0.2, 0) is 4.79 Å². The van der Waals surface area contributed by atoms with E-state index in [-0.39, 0.29) is 5.56 Å². The van der Waals surface area contributed by atoms with Crippen molar-refractivity contribution in [1.29, 1.82) is 0 Å². The van der Waals surface area contributed by atoms with Crippen LogP contribution in [0.25, 0.3) is 0 Å². The molecule has 0 aliphatic heterocycles. The summed E-state index contributed by atoms with van der Waals surface area (Å²) in [5.41, 5.74) is 1.87. The number of nitro groups is 1. The van der Waals surface area contributed by atoms with Crippen LogP contribution in [0.4, 0.5) is 5.69 Å². The van der Waals surface area contributed by atoms with Gasteiger partial charge in [-0.1, -0.05) is 34.1 Å². The fraction of sp³-hybridized carbons (Fsp3) is 0.125. The molecule has 2 N–H and O–H groups in total. The number of phenolic OH excluding ortho intramolecular Hbond substituents is 1. The van der Waals surface area contributed by atoms with Gasteiger partial charge < -0.3 is 9.84 Å². The van der Waals surface area contributed by atoms with Gasteiger partial charge in [-0.2, -0.15) is 5.10 Å². The lowest BCUT2D eigenvalue weighted by Gasteiger charge is -2.12. The summed E-state index contributed by atoms with van der Waals surface area (Å²) in [4.78, 5) is 22.1. The Morgan fingerprint density at radius 3 is 2.72 bits per heavy atom. The Kier molecular flexibility index (Phi) is 6.07. The minimum absolute atomic E-state index is 0.0815. The van der Waals surface area contributed by atoms with Gasteiger partial charge in [-0.15, -0.1) is 0 Å². The third-order valence-electron chi connectivity index (χ3n) is 3.08. The monoisotopic (exact) mass is 407 g/mol. The van der Waals surface area contributed by atoms with Gasteiger partial charge in [0.05, 0.1) is 11.1 Å². The zero-order valence-electron chi connectivity index (χ0n) is 13.0. The number of hydrogen-bond donors (Lipinski definition) is 2. The van der Waals surface area contributed by atoms with Crippen molar-refractivity contribution in [1.82, 2.24) is 5.43 Å². The SMILES string of the molecule is CC(Oc1ccccc1)C(=O)N/N=C/c1cc(Br)cc([N+](=O)[O-])c1O. The predicted octanol–water partition coefficient (Wildman–Crippen LogP) is 2.98. The molecule has 25 heavy (non-hydrogen) atoms. The molecule has 1 amide bonds. The van der Waals surface area contributed by atoms with Gasteiger partial charge in [-0.05, 0) is 25.1 Å². The number of nitro benzene ring substituents is 1. The molecule has 2 aromatic rings. The standard InChI is InChI=1S/C16H14BrN3O5/c1-10(25-13-5-3-2-4-6-13)16(22)19-18-9-11-7-12(17)8-14(15(11)21)20(23)24/h2-10,21H,1H3,(H,19,22)/b18-9+. The Labute approximate surface area is 151 Å². The van der Waals surface area contributed by atoms with E-state index in [4.69, 9.17) is 4.74 Å². The smallest absolute Gasteiger partial charge is 0.312 e. The number of hydrazone groups is 1. The second kappa shape index (κ2) is 8.25. The highest BCUT2D eigenvalue weighted by molar-refractivity contribution is 9.10. The first-order valence-electron chi connectivity index (χ1n) is 7.10. The van der Waals surface area contributed by atoms with Crippen molar-refractivity contribution in [3.05, 3.63) is 62.6 Å². The first-order valence-corrected chi connectivity index (χ1v) is 7.89. The van der Waals surface area contributed by atoms with Gasteiger partial charge in [-0.3, -0.25) is 14.9 Å². The topological polar surface area (TPSA) is 114 Å². The summed E-state index contributed by atoms with van der Waals surface area (Å²) in [6.07, 6.45) is 0.310. The summed E-state index contributed by atoms with van der Waals surface area (Å²) < 4.78 is 5.83. The molecule has 130 valence electrons. The first-order chi connectivity index (χ1) is 11.9. The van der Waals surface area contributed by atoms with Gasteiger partial charge in [0, 0.05) is 16.1 Å². The number of nitrogens with one attached hydrogen (secondary N) is 1. The molecule has 9 heteroatoms. The number of carbonyl (C=O) groups is 1. The second-order valence-electron chi connectivity index (χ2n) is 4.93. The lowest BCUT2D eigenvalue weighted by Crippen LogP contribution is -2.33. The van der Waals surface area contributed by atoms with Crippen molar-refractivity contribution in [2.24, 2.45) is 5.10 Å². The van der Waals surface area contributed by atoms with Crippen LogP contribution < -0.4 is 10.2 Å². The molecule has 1 atom stereocenters. The highest BCUT2D eigenvalue weighted by Gasteiger charge is 2.18. The van der Waals surface area contributed by atoms with Crippen molar-refractivity contribution < 1.29 is 19.6 Å². The summed E-state index contributed by atoms with van der Waals surface area (Å²) >= 11 is 3.11. The summed E-state index contributed by atoms with van der Waals surface area (Å²) in [5, 5.41) is 24.4. The molecule has 0 spiro atoms. The van der Waals surface area contributed by atoms with Crippen molar-refractivity contribution in [3.8, 4) is 11.5 Å². The Balaban J connectivity index is 2.03. The summed E-state index contributed by atoms with van der Waals surface area (Å²) in [5.74, 6) is -0.515. The molecule has 2 aromatic carbocycles. The van der Waals surface area contributed by atoms with Crippen molar-refractivity contribution in [3.63, 3.8) is 0 Å². The van der Waals surface area contributed by atoms with Crippen LogP contribution in [-0.4, -0.2) is 28.3 Å². The average Bonchev–Trinajstić information content (AvgIpc) is 2.58. The van der Waals surface area contributed by atoms with Crippen molar-refractivity contribution >= 4 is 33.7 Å². The molecule has 0 aliphatic carbocycles. The van der Waals surface area contributed by atoms with E-state index >= 15 is 0 Å². The van der Waals surface area contributed by atoms with Crippen LogP contribution in [0.1, 0.15) is 12.5 Å². The molecule has 1 unspecified atom stereocenters. The molecule has 0 saturated heterocycles.